The number of hydrogen-bond donors (Lipinski definition) is 2. The molecule has 1 atom stereocenters. The number of thioether (sulfide) groups is 1. The second-order valence-electron chi connectivity index (χ2n) is 7.84. The molecule has 0 saturated carbocycles. The van der Waals surface area contributed by atoms with Gasteiger partial charge in [-0.15, -0.1) is 0 Å². The Bertz CT molecular complexity index is 1210. The Morgan fingerprint density at radius 2 is 1.66 bits per heavy atom. The highest BCUT2D eigenvalue weighted by molar-refractivity contribution is 9.10. The quantitative estimate of drug-likeness (QED) is 0.246. The van der Waals surface area contributed by atoms with Crippen LogP contribution in [-0.2, 0) is 17.8 Å². The van der Waals surface area contributed by atoms with E-state index < -0.39 is 0 Å². The molecule has 2 N–H and O–H groups in total. The van der Waals surface area contributed by atoms with Gasteiger partial charge in [-0.05, 0) is 72.5 Å². The number of ether oxygens (including phenoxy) is 2. The number of amides is 1. The minimum Gasteiger partial charge on any atom is -0.490 e. The van der Waals surface area contributed by atoms with Crippen LogP contribution in [0, 0.1) is 0 Å². The fraction of sp³-hybridized carbons (Fsp3) is 0.222. The van der Waals surface area contributed by atoms with Crippen molar-refractivity contribution < 1.29 is 14.3 Å². The number of rotatable bonds is 9. The van der Waals surface area contributed by atoms with E-state index in [2.05, 4.69) is 61.5 Å². The molecule has 1 heterocycles. The first-order valence-electron chi connectivity index (χ1n) is 11.3. The second kappa shape index (κ2) is 12.0. The summed E-state index contributed by atoms with van der Waals surface area (Å²) < 4.78 is 13.7. The Hall–Kier alpha value is -2.42. The van der Waals surface area contributed by atoms with E-state index in [1.54, 1.807) is 0 Å². The smallest absolute Gasteiger partial charge is 0.260 e. The molecule has 1 fully saturated rings. The Morgan fingerprint density at radius 3 is 2.34 bits per heavy atom. The molecule has 5 nitrogen and oxygen atoms in total. The highest BCUT2D eigenvalue weighted by atomic mass is 79.9. The number of aryl methyl sites for hydroxylation is 1. The molecule has 1 saturated heterocycles. The molecular weight excluding hydrogens is 592 g/mol. The van der Waals surface area contributed by atoms with Crippen LogP contribution in [0.1, 0.15) is 30.5 Å². The predicted octanol–water partition coefficient (Wildman–Crippen LogP) is 7.35. The van der Waals surface area contributed by atoms with Crippen molar-refractivity contribution in [3.8, 4) is 11.5 Å². The molecule has 0 aromatic heterocycles. The molecule has 3 aromatic carbocycles. The van der Waals surface area contributed by atoms with E-state index in [1.165, 1.54) is 17.3 Å². The first kappa shape index (κ1) is 25.7. The maximum Gasteiger partial charge on any atom is 0.260 e. The minimum atomic E-state index is -0.236. The lowest BCUT2D eigenvalue weighted by atomic mass is 10.1. The van der Waals surface area contributed by atoms with Crippen molar-refractivity contribution in [1.29, 1.82) is 0 Å². The number of halogens is 2. The van der Waals surface area contributed by atoms with Crippen molar-refractivity contribution >= 4 is 61.3 Å². The maximum atomic E-state index is 12.6. The largest absolute Gasteiger partial charge is 0.490 e. The van der Waals surface area contributed by atoms with Crippen molar-refractivity contribution in [3.63, 3.8) is 0 Å². The molecule has 4 rings (SSSR count). The van der Waals surface area contributed by atoms with Gasteiger partial charge in [0.25, 0.3) is 5.91 Å². The highest BCUT2D eigenvalue weighted by Gasteiger charge is 2.27. The number of carbonyl (C=O) groups excluding carboxylic acids is 1. The molecule has 8 heteroatoms. The zero-order valence-corrected chi connectivity index (χ0v) is 23.4. The van der Waals surface area contributed by atoms with Gasteiger partial charge in [-0.1, -0.05) is 74.8 Å². The highest BCUT2D eigenvalue weighted by Crippen LogP contribution is 2.38. The standard InChI is InChI=1S/C27H26Br2N2O3S/c1-3-17-7-11-21(12-8-17)30-27-31-26(32)25(35-27)14-19-13-23(33-4-2)24(15-22(19)29)34-16-18-5-9-20(28)10-6-18/h5-15,27,30H,3-4,16H2,1-2H3,(H,31,32)/b25-14-/t27-/m0/s1. The van der Waals surface area contributed by atoms with Crippen LogP contribution in [-0.4, -0.2) is 18.0 Å². The lowest BCUT2D eigenvalue weighted by molar-refractivity contribution is -0.116. The van der Waals surface area contributed by atoms with Gasteiger partial charge in [-0.2, -0.15) is 0 Å². The van der Waals surface area contributed by atoms with Gasteiger partial charge >= 0.3 is 0 Å². The maximum absolute atomic E-state index is 12.6. The van der Waals surface area contributed by atoms with E-state index in [4.69, 9.17) is 9.47 Å². The molecular formula is C27H26Br2N2O3S. The first-order valence-corrected chi connectivity index (χ1v) is 13.8. The predicted molar refractivity (Wildman–Crippen MR) is 151 cm³/mol. The van der Waals surface area contributed by atoms with Crippen LogP contribution in [0.2, 0.25) is 0 Å². The molecule has 0 radical (unpaired) electrons. The monoisotopic (exact) mass is 616 g/mol. The molecule has 0 aliphatic carbocycles. The van der Waals surface area contributed by atoms with Gasteiger partial charge in [0.2, 0.25) is 0 Å². The van der Waals surface area contributed by atoms with Gasteiger partial charge in [0.1, 0.15) is 6.61 Å². The molecule has 3 aromatic rings. The Labute approximate surface area is 226 Å². The summed E-state index contributed by atoms with van der Waals surface area (Å²) in [7, 11) is 0. The van der Waals surface area contributed by atoms with E-state index in [9.17, 15) is 4.79 Å². The van der Waals surface area contributed by atoms with E-state index in [1.807, 2.05) is 61.5 Å². The van der Waals surface area contributed by atoms with Crippen LogP contribution in [0.25, 0.3) is 6.08 Å². The topological polar surface area (TPSA) is 59.6 Å². The summed E-state index contributed by atoms with van der Waals surface area (Å²) in [6, 6.07) is 20.0. The minimum absolute atomic E-state index is 0.113. The molecule has 1 aliphatic rings. The van der Waals surface area contributed by atoms with Gasteiger partial charge < -0.3 is 20.1 Å². The number of hydrogen-bond acceptors (Lipinski definition) is 5. The summed E-state index contributed by atoms with van der Waals surface area (Å²) in [5.41, 5.74) is 3.90. The number of anilines is 1. The van der Waals surface area contributed by atoms with Gasteiger partial charge in [0.05, 0.1) is 11.5 Å². The van der Waals surface area contributed by atoms with Crippen LogP contribution < -0.4 is 20.1 Å². The first-order chi connectivity index (χ1) is 16.9. The van der Waals surface area contributed by atoms with Crippen molar-refractivity contribution in [2.45, 2.75) is 32.4 Å². The van der Waals surface area contributed by atoms with E-state index in [0.717, 1.165) is 32.2 Å². The zero-order valence-electron chi connectivity index (χ0n) is 19.4. The molecule has 0 unspecified atom stereocenters. The number of nitrogens with one attached hydrogen (secondary N) is 2. The van der Waals surface area contributed by atoms with Crippen molar-refractivity contribution in [1.82, 2.24) is 5.32 Å². The third-order valence-electron chi connectivity index (χ3n) is 5.35. The lowest BCUT2D eigenvalue weighted by Crippen LogP contribution is -2.30. The summed E-state index contributed by atoms with van der Waals surface area (Å²) in [5, 5.41) is 6.34. The molecule has 1 aliphatic heterocycles. The summed E-state index contributed by atoms with van der Waals surface area (Å²) in [6.45, 7) is 4.99. The second-order valence-corrected chi connectivity index (χ2v) is 10.8. The summed E-state index contributed by atoms with van der Waals surface area (Å²) in [6.07, 6.45) is 2.86. The molecule has 35 heavy (non-hydrogen) atoms. The van der Waals surface area contributed by atoms with Crippen LogP contribution >= 0.6 is 43.6 Å². The van der Waals surface area contributed by atoms with Crippen LogP contribution in [0.5, 0.6) is 11.5 Å². The molecule has 182 valence electrons. The van der Waals surface area contributed by atoms with E-state index in [0.29, 0.717) is 29.6 Å². The third-order valence-corrected chi connectivity index (χ3v) is 7.59. The van der Waals surface area contributed by atoms with Crippen LogP contribution in [0.15, 0.2) is 74.5 Å². The zero-order chi connectivity index (χ0) is 24.8. The van der Waals surface area contributed by atoms with Crippen molar-refractivity contribution in [3.05, 3.63) is 91.2 Å². The Balaban J connectivity index is 1.49. The normalized spacial score (nSPS) is 16.3. The molecule has 1 amide bonds. The number of benzene rings is 3. The van der Waals surface area contributed by atoms with Gasteiger partial charge in [-0.3, -0.25) is 4.79 Å². The average Bonchev–Trinajstić information content (AvgIpc) is 3.20. The Morgan fingerprint density at radius 1 is 0.971 bits per heavy atom. The SMILES string of the molecule is CCOc1cc(/C=C2\S[C@@H](Nc3ccc(CC)cc3)NC2=O)c(Br)cc1OCc1ccc(Br)cc1. The third kappa shape index (κ3) is 6.84. The van der Waals surface area contributed by atoms with Gasteiger partial charge in [0.15, 0.2) is 17.0 Å². The fourth-order valence-electron chi connectivity index (χ4n) is 3.48. The fourth-order valence-corrected chi connectivity index (χ4v) is 5.16. The lowest BCUT2D eigenvalue weighted by Gasteiger charge is -2.14. The van der Waals surface area contributed by atoms with E-state index >= 15 is 0 Å². The summed E-state index contributed by atoms with van der Waals surface area (Å²) >= 11 is 8.54. The van der Waals surface area contributed by atoms with E-state index in [-0.39, 0.29) is 11.4 Å². The average molecular weight is 618 g/mol. The number of carbonyl (C=O) groups is 1. The molecule has 0 spiro atoms. The Kier molecular flexibility index (Phi) is 8.81. The van der Waals surface area contributed by atoms with Crippen molar-refractivity contribution in [2.75, 3.05) is 11.9 Å². The summed E-state index contributed by atoms with van der Waals surface area (Å²) in [4.78, 5) is 13.3. The molecule has 0 bridgehead atoms. The van der Waals surface area contributed by atoms with Crippen LogP contribution in [0.3, 0.4) is 0 Å². The van der Waals surface area contributed by atoms with Gasteiger partial charge in [0, 0.05) is 14.6 Å². The summed E-state index contributed by atoms with van der Waals surface area (Å²) in [5.74, 6) is 1.16. The van der Waals surface area contributed by atoms with Crippen molar-refractivity contribution in [2.24, 2.45) is 0 Å². The van der Waals surface area contributed by atoms with Gasteiger partial charge in [-0.25, -0.2) is 0 Å². The van der Waals surface area contributed by atoms with Crippen LogP contribution in [0.4, 0.5) is 5.69 Å².